The second kappa shape index (κ2) is 6.13. The minimum Gasteiger partial charge on any atom is -0.480 e. The first-order valence-corrected chi connectivity index (χ1v) is 6.86. The minimum absolute atomic E-state index is 0.000533. The summed E-state index contributed by atoms with van der Waals surface area (Å²) in [7, 11) is 1.60. The van der Waals surface area contributed by atoms with Gasteiger partial charge in [0.2, 0.25) is 0 Å². The summed E-state index contributed by atoms with van der Waals surface area (Å²) in [4.78, 5) is 23.4. The second-order valence-electron chi connectivity index (χ2n) is 5.49. The maximum atomic E-state index is 12.0. The molecule has 1 aromatic carbocycles. The number of nitrogens with one attached hydrogen (secondary N) is 2. The van der Waals surface area contributed by atoms with Crippen molar-refractivity contribution in [2.24, 2.45) is 5.92 Å². The molecule has 0 aliphatic heterocycles. The Labute approximate surface area is 123 Å². The number of urea groups is 1. The van der Waals surface area contributed by atoms with Crippen molar-refractivity contribution in [1.29, 1.82) is 0 Å². The van der Waals surface area contributed by atoms with Gasteiger partial charge in [-0.1, -0.05) is 12.1 Å². The third kappa shape index (κ3) is 3.72. The molecule has 3 N–H and O–H groups in total. The van der Waals surface area contributed by atoms with Gasteiger partial charge in [-0.3, -0.25) is 0 Å². The number of hydrogen-bond acceptors (Lipinski definition) is 3. The first-order valence-electron chi connectivity index (χ1n) is 6.86. The van der Waals surface area contributed by atoms with Gasteiger partial charge in [0.25, 0.3) is 0 Å². The van der Waals surface area contributed by atoms with Crippen LogP contribution in [0.15, 0.2) is 24.3 Å². The maximum absolute atomic E-state index is 12.0. The Morgan fingerprint density at radius 3 is 2.71 bits per heavy atom. The highest BCUT2D eigenvalue weighted by Gasteiger charge is 2.48. The number of carbonyl (C=O) groups excluding carboxylic acids is 1. The van der Waals surface area contributed by atoms with Crippen molar-refractivity contribution >= 4 is 17.7 Å². The Balaban J connectivity index is 2.01. The molecule has 21 heavy (non-hydrogen) atoms. The number of carbonyl (C=O) groups is 2. The van der Waals surface area contributed by atoms with Crippen LogP contribution in [0.1, 0.15) is 25.3 Å². The molecule has 2 rings (SSSR count). The molecule has 6 nitrogen and oxygen atoms in total. The number of amides is 2. The Kier molecular flexibility index (Phi) is 4.47. The van der Waals surface area contributed by atoms with E-state index in [2.05, 4.69) is 10.6 Å². The Morgan fingerprint density at radius 2 is 2.14 bits per heavy atom. The molecular formula is C15H20N2O4. The molecule has 6 heteroatoms. The highest BCUT2D eigenvalue weighted by atomic mass is 16.5. The highest BCUT2D eigenvalue weighted by molar-refractivity contribution is 5.94. The Morgan fingerprint density at radius 1 is 1.43 bits per heavy atom. The molecule has 1 saturated carbocycles. The van der Waals surface area contributed by atoms with Crippen LogP contribution in [0.4, 0.5) is 10.5 Å². The molecule has 114 valence electrons. The van der Waals surface area contributed by atoms with Crippen molar-refractivity contribution < 1.29 is 19.4 Å². The summed E-state index contributed by atoms with van der Waals surface area (Å²) >= 11 is 0. The van der Waals surface area contributed by atoms with E-state index in [0.29, 0.717) is 12.3 Å². The average molecular weight is 292 g/mol. The van der Waals surface area contributed by atoms with Crippen molar-refractivity contribution in [3.63, 3.8) is 0 Å². The number of benzene rings is 1. The lowest BCUT2D eigenvalue weighted by Gasteiger charge is -2.26. The number of rotatable bonds is 6. The van der Waals surface area contributed by atoms with E-state index in [0.717, 1.165) is 18.4 Å². The zero-order valence-corrected chi connectivity index (χ0v) is 12.2. The third-order valence-corrected chi connectivity index (χ3v) is 3.71. The zero-order valence-electron chi connectivity index (χ0n) is 12.2. The fraction of sp³-hybridized carbons (Fsp3) is 0.467. The van der Waals surface area contributed by atoms with Crippen molar-refractivity contribution in [3.05, 3.63) is 29.8 Å². The largest absolute Gasteiger partial charge is 0.480 e. The van der Waals surface area contributed by atoms with Crippen LogP contribution >= 0.6 is 0 Å². The topological polar surface area (TPSA) is 87.7 Å². The number of hydrogen-bond donors (Lipinski definition) is 3. The molecule has 1 fully saturated rings. The van der Waals surface area contributed by atoms with E-state index in [9.17, 15) is 14.7 Å². The molecule has 0 spiro atoms. The molecule has 2 amide bonds. The summed E-state index contributed by atoms with van der Waals surface area (Å²) in [5.74, 6) is -1.01. The van der Waals surface area contributed by atoms with E-state index in [1.807, 2.05) is 6.07 Å². The molecule has 1 unspecified atom stereocenters. The number of carboxylic acids is 1. The number of carboxylic acid groups (broad SMARTS) is 1. The molecule has 1 aliphatic carbocycles. The summed E-state index contributed by atoms with van der Waals surface area (Å²) in [6.07, 6.45) is 1.65. The third-order valence-electron chi connectivity index (χ3n) is 3.71. The fourth-order valence-corrected chi connectivity index (χ4v) is 2.29. The van der Waals surface area contributed by atoms with Crippen molar-refractivity contribution in [2.45, 2.75) is 31.9 Å². The smallest absolute Gasteiger partial charge is 0.329 e. The van der Waals surface area contributed by atoms with Gasteiger partial charge in [-0.25, -0.2) is 9.59 Å². The predicted molar refractivity (Wildman–Crippen MR) is 78.1 cm³/mol. The molecule has 0 saturated heterocycles. The van der Waals surface area contributed by atoms with Crippen LogP contribution in [-0.2, 0) is 16.1 Å². The van der Waals surface area contributed by atoms with Crippen LogP contribution in [0.3, 0.4) is 0 Å². The van der Waals surface area contributed by atoms with Gasteiger partial charge in [-0.15, -0.1) is 0 Å². The normalized spacial score (nSPS) is 16.9. The summed E-state index contributed by atoms with van der Waals surface area (Å²) in [5, 5.41) is 14.6. The fourth-order valence-electron chi connectivity index (χ4n) is 2.29. The van der Waals surface area contributed by atoms with E-state index in [-0.39, 0.29) is 5.92 Å². The van der Waals surface area contributed by atoms with Crippen molar-refractivity contribution in [1.82, 2.24) is 5.32 Å². The van der Waals surface area contributed by atoms with Gasteiger partial charge in [-0.05, 0) is 43.4 Å². The number of aliphatic carboxylic acids is 1. The van der Waals surface area contributed by atoms with E-state index in [4.69, 9.17) is 4.74 Å². The van der Waals surface area contributed by atoms with Gasteiger partial charge in [0, 0.05) is 12.8 Å². The van der Waals surface area contributed by atoms with Crippen molar-refractivity contribution in [2.75, 3.05) is 12.4 Å². The summed E-state index contributed by atoms with van der Waals surface area (Å²) in [6, 6.07) is 6.72. The van der Waals surface area contributed by atoms with Crippen LogP contribution < -0.4 is 10.6 Å². The monoisotopic (exact) mass is 292 g/mol. The van der Waals surface area contributed by atoms with Gasteiger partial charge in [0.05, 0.1) is 6.61 Å². The van der Waals surface area contributed by atoms with Crippen molar-refractivity contribution in [3.8, 4) is 0 Å². The molecular weight excluding hydrogens is 272 g/mol. The number of methoxy groups -OCH3 is 1. The lowest BCUT2D eigenvalue weighted by atomic mass is 9.96. The molecule has 0 heterocycles. The standard InChI is InChI=1S/C15H20N2O4/c1-15(13(18)19,11-6-7-11)17-14(20)16-12-5-3-4-10(8-12)9-21-2/h3-5,8,11H,6-7,9H2,1-2H3,(H,18,19)(H2,16,17,20). The average Bonchev–Trinajstić information content (AvgIpc) is 3.23. The summed E-state index contributed by atoms with van der Waals surface area (Å²) in [6.45, 7) is 2.00. The Hall–Kier alpha value is -2.08. The Bertz CT molecular complexity index is 542. The molecule has 0 bridgehead atoms. The van der Waals surface area contributed by atoms with Crippen LogP contribution in [0.25, 0.3) is 0 Å². The summed E-state index contributed by atoms with van der Waals surface area (Å²) < 4.78 is 5.03. The first-order chi connectivity index (χ1) is 9.95. The molecule has 1 aromatic rings. The van der Waals surface area contributed by atoms with Gasteiger partial charge >= 0.3 is 12.0 Å². The highest BCUT2D eigenvalue weighted by Crippen LogP contribution is 2.39. The van der Waals surface area contributed by atoms with E-state index < -0.39 is 17.5 Å². The second-order valence-corrected chi connectivity index (χ2v) is 5.49. The maximum Gasteiger partial charge on any atom is 0.329 e. The minimum atomic E-state index is -1.21. The lowest BCUT2D eigenvalue weighted by molar-refractivity contribution is -0.144. The van der Waals surface area contributed by atoms with E-state index in [1.54, 1.807) is 32.2 Å². The van der Waals surface area contributed by atoms with Gasteiger partial charge in [-0.2, -0.15) is 0 Å². The quantitative estimate of drug-likeness (QED) is 0.750. The van der Waals surface area contributed by atoms with E-state index in [1.165, 1.54) is 0 Å². The lowest BCUT2D eigenvalue weighted by Crippen LogP contribution is -2.55. The number of anilines is 1. The van der Waals surface area contributed by atoms with E-state index >= 15 is 0 Å². The van der Waals surface area contributed by atoms with Crippen LogP contribution in [0, 0.1) is 5.92 Å². The SMILES string of the molecule is COCc1cccc(NC(=O)NC(C)(C(=O)O)C2CC2)c1. The first kappa shape index (κ1) is 15.3. The predicted octanol–water partition coefficient (Wildman–Crippen LogP) is 2.21. The van der Waals surface area contributed by atoms with Gasteiger partial charge in [0.15, 0.2) is 0 Å². The molecule has 0 radical (unpaired) electrons. The van der Waals surface area contributed by atoms with Gasteiger partial charge in [0.1, 0.15) is 5.54 Å². The molecule has 1 aliphatic rings. The summed E-state index contributed by atoms with van der Waals surface area (Å²) in [5.41, 5.74) is 0.317. The van der Waals surface area contributed by atoms with Crippen LogP contribution in [0.2, 0.25) is 0 Å². The molecule has 1 atom stereocenters. The van der Waals surface area contributed by atoms with Gasteiger partial charge < -0.3 is 20.5 Å². The molecule has 0 aromatic heterocycles. The number of ether oxygens (including phenoxy) is 1. The van der Waals surface area contributed by atoms with Crippen LogP contribution in [-0.4, -0.2) is 29.8 Å². The zero-order chi connectivity index (χ0) is 15.5. The van der Waals surface area contributed by atoms with Crippen LogP contribution in [0.5, 0.6) is 0 Å².